The SMILES string of the molecule is O=S(=O)(c1ccc(NCc2ccccc2CN2CCCCCC2)nc1)N1CCOCC1. The number of aromatic nitrogens is 1. The summed E-state index contributed by atoms with van der Waals surface area (Å²) in [5.74, 6) is 0.672. The molecule has 0 atom stereocenters. The van der Waals surface area contributed by atoms with Crippen molar-refractivity contribution in [3.05, 3.63) is 53.7 Å². The van der Waals surface area contributed by atoms with Gasteiger partial charge < -0.3 is 10.1 Å². The van der Waals surface area contributed by atoms with Gasteiger partial charge in [-0.25, -0.2) is 13.4 Å². The van der Waals surface area contributed by atoms with E-state index in [0.717, 1.165) is 6.54 Å². The lowest BCUT2D eigenvalue weighted by Crippen LogP contribution is -2.40. The van der Waals surface area contributed by atoms with Crippen molar-refractivity contribution < 1.29 is 13.2 Å². The van der Waals surface area contributed by atoms with Crippen LogP contribution < -0.4 is 5.32 Å². The molecule has 0 radical (unpaired) electrons. The Morgan fingerprint density at radius 1 is 0.903 bits per heavy atom. The van der Waals surface area contributed by atoms with Crippen LogP contribution in [0.15, 0.2) is 47.5 Å². The molecule has 2 aromatic rings. The van der Waals surface area contributed by atoms with Crippen molar-refractivity contribution in [2.75, 3.05) is 44.7 Å². The molecule has 0 amide bonds. The molecular weight excluding hydrogens is 412 g/mol. The van der Waals surface area contributed by atoms with Crippen molar-refractivity contribution in [2.45, 2.75) is 43.7 Å². The van der Waals surface area contributed by atoms with E-state index in [1.807, 2.05) is 0 Å². The summed E-state index contributed by atoms with van der Waals surface area (Å²) in [6.45, 7) is 5.61. The van der Waals surface area contributed by atoms with Gasteiger partial charge in [-0.2, -0.15) is 4.31 Å². The van der Waals surface area contributed by atoms with Gasteiger partial charge >= 0.3 is 0 Å². The van der Waals surface area contributed by atoms with E-state index in [0.29, 0.717) is 38.7 Å². The quantitative estimate of drug-likeness (QED) is 0.707. The molecule has 31 heavy (non-hydrogen) atoms. The summed E-state index contributed by atoms with van der Waals surface area (Å²) in [6.07, 6.45) is 6.68. The van der Waals surface area contributed by atoms with Gasteiger partial charge in [0.05, 0.1) is 13.2 Å². The third-order valence-corrected chi connectivity index (χ3v) is 7.90. The van der Waals surface area contributed by atoms with Crippen LogP contribution in [0.1, 0.15) is 36.8 Å². The number of pyridine rings is 1. The van der Waals surface area contributed by atoms with Crippen LogP contribution in [0.4, 0.5) is 5.82 Å². The molecule has 168 valence electrons. The first kappa shape index (κ1) is 22.2. The van der Waals surface area contributed by atoms with E-state index in [9.17, 15) is 8.42 Å². The summed E-state index contributed by atoms with van der Waals surface area (Å²) in [6, 6.07) is 11.9. The van der Waals surface area contributed by atoms with Crippen LogP contribution in [0.2, 0.25) is 0 Å². The predicted octanol–water partition coefficient (Wildman–Crippen LogP) is 3.09. The molecule has 2 saturated heterocycles. The molecule has 4 rings (SSSR count). The molecule has 1 aromatic carbocycles. The number of hydrogen-bond donors (Lipinski definition) is 1. The van der Waals surface area contributed by atoms with Crippen LogP contribution in [0.25, 0.3) is 0 Å². The first-order chi connectivity index (χ1) is 15.1. The summed E-state index contributed by atoms with van der Waals surface area (Å²) in [5, 5.41) is 3.35. The fraction of sp³-hybridized carbons (Fsp3) is 0.522. The van der Waals surface area contributed by atoms with E-state index >= 15 is 0 Å². The summed E-state index contributed by atoms with van der Waals surface area (Å²) < 4.78 is 32.2. The number of hydrogen-bond acceptors (Lipinski definition) is 6. The van der Waals surface area contributed by atoms with E-state index < -0.39 is 10.0 Å². The van der Waals surface area contributed by atoms with Crippen LogP contribution in [-0.2, 0) is 27.8 Å². The lowest BCUT2D eigenvalue weighted by molar-refractivity contribution is 0.0730. The highest BCUT2D eigenvalue weighted by Gasteiger charge is 2.26. The Balaban J connectivity index is 1.38. The Morgan fingerprint density at radius 2 is 1.61 bits per heavy atom. The van der Waals surface area contributed by atoms with Crippen LogP contribution in [0, 0.1) is 0 Å². The molecular formula is C23H32N4O3S. The van der Waals surface area contributed by atoms with Gasteiger partial charge in [0.2, 0.25) is 10.0 Å². The monoisotopic (exact) mass is 444 g/mol. The third-order valence-electron chi connectivity index (χ3n) is 6.02. The second kappa shape index (κ2) is 10.5. The van der Waals surface area contributed by atoms with E-state index in [-0.39, 0.29) is 4.90 Å². The molecule has 0 unspecified atom stereocenters. The lowest BCUT2D eigenvalue weighted by Gasteiger charge is -2.25. The number of likely N-dealkylation sites (tertiary alicyclic amines) is 1. The number of anilines is 1. The number of rotatable bonds is 7. The average Bonchev–Trinajstić information content (AvgIpc) is 3.08. The first-order valence-electron chi connectivity index (χ1n) is 11.2. The highest BCUT2D eigenvalue weighted by molar-refractivity contribution is 7.89. The van der Waals surface area contributed by atoms with Crippen molar-refractivity contribution in [3.63, 3.8) is 0 Å². The molecule has 0 bridgehead atoms. The van der Waals surface area contributed by atoms with Crippen LogP contribution >= 0.6 is 0 Å². The zero-order valence-electron chi connectivity index (χ0n) is 18.0. The molecule has 0 aliphatic carbocycles. The summed E-state index contributed by atoms with van der Waals surface area (Å²) in [7, 11) is -3.51. The number of benzene rings is 1. The first-order valence-corrected chi connectivity index (χ1v) is 12.6. The molecule has 2 aliphatic rings. The molecule has 1 aromatic heterocycles. The molecule has 7 nitrogen and oxygen atoms in total. The highest BCUT2D eigenvalue weighted by Crippen LogP contribution is 2.20. The minimum Gasteiger partial charge on any atom is -0.379 e. The van der Waals surface area contributed by atoms with Gasteiger partial charge in [-0.1, -0.05) is 37.1 Å². The molecule has 2 fully saturated rings. The molecule has 2 aliphatic heterocycles. The fourth-order valence-electron chi connectivity index (χ4n) is 4.18. The van der Waals surface area contributed by atoms with E-state index in [2.05, 4.69) is 39.5 Å². The Bertz CT molecular complexity index is 936. The Morgan fingerprint density at radius 3 is 2.29 bits per heavy atom. The Hall–Kier alpha value is -2.00. The van der Waals surface area contributed by atoms with Crippen molar-refractivity contribution in [1.82, 2.24) is 14.2 Å². The van der Waals surface area contributed by atoms with Crippen LogP contribution in [-0.4, -0.2) is 62.0 Å². The van der Waals surface area contributed by atoms with Gasteiger partial charge in [0, 0.05) is 32.4 Å². The van der Waals surface area contributed by atoms with Gasteiger partial charge in [0.15, 0.2) is 0 Å². The van der Waals surface area contributed by atoms with Crippen molar-refractivity contribution >= 4 is 15.8 Å². The summed E-state index contributed by atoms with van der Waals surface area (Å²) in [5.41, 5.74) is 2.59. The standard InChI is InChI=1S/C23H32N4O3S/c28-31(29,27-13-15-30-16-14-27)22-9-10-23(25-18-22)24-17-20-7-3-4-8-21(20)19-26-11-5-1-2-6-12-26/h3-4,7-10,18H,1-2,5-6,11-17,19H2,(H,24,25). The van der Waals surface area contributed by atoms with Crippen molar-refractivity contribution in [3.8, 4) is 0 Å². The minimum atomic E-state index is -3.51. The summed E-state index contributed by atoms with van der Waals surface area (Å²) >= 11 is 0. The minimum absolute atomic E-state index is 0.224. The van der Waals surface area contributed by atoms with Crippen molar-refractivity contribution in [2.24, 2.45) is 0 Å². The van der Waals surface area contributed by atoms with Gasteiger partial charge in [-0.05, 0) is 49.2 Å². The van der Waals surface area contributed by atoms with Gasteiger partial charge in [0.1, 0.15) is 10.7 Å². The maximum Gasteiger partial charge on any atom is 0.244 e. The van der Waals surface area contributed by atoms with Gasteiger partial charge in [-0.3, -0.25) is 4.90 Å². The summed E-state index contributed by atoms with van der Waals surface area (Å²) in [4.78, 5) is 7.13. The largest absolute Gasteiger partial charge is 0.379 e. The van der Waals surface area contributed by atoms with Gasteiger partial charge in [-0.15, -0.1) is 0 Å². The molecule has 0 saturated carbocycles. The van der Waals surface area contributed by atoms with Gasteiger partial charge in [0.25, 0.3) is 0 Å². The zero-order valence-corrected chi connectivity index (χ0v) is 18.8. The lowest BCUT2D eigenvalue weighted by atomic mass is 10.1. The fourth-order valence-corrected chi connectivity index (χ4v) is 5.53. The second-order valence-corrected chi connectivity index (χ2v) is 10.1. The molecule has 3 heterocycles. The van der Waals surface area contributed by atoms with Crippen molar-refractivity contribution in [1.29, 1.82) is 0 Å². The molecule has 1 N–H and O–H groups in total. The number of nitrogens with zero attached hydrogens (tertiary/aromatic N) is 3. The maximum absolute atomic E-state index is 12.7. The molecule has 8 heteroatoms. The topological polar surface area (TPSA) is 74.8 Å². The van der Waals surface area contributed by atoms with E-state index in [1.165, 1.54) is 60.4 Å². The number of ether oxygens (including phenoxy) is 1. The average molecular weight is 445 g/mol. The van der Waals surface area contributed by atoms with E-state index in [4.69, 9.17) is 4.74 Å². The molecule has 0 spiro atoms. The predicted molar refractivity (Wildman–Crippen MR) is 121 cm³/mol. The Kier molecular flexibility index (Phi) is 7.55. The van der Waals surface area contributed by atoms with E-state index in [1.54, 1.807) is 12.1 Å². The number of morpholine rings is 1. The normalized spacial score (nSPS) is 19.1. The number of sulfonamides is 1. The van der Waals surface area contributed by atoms with Crippen LogP contribution in [0.5, 0.6) is 0 Å². The smallest absolute Gasteiger partial charge is 0.244 e. The maximum atomic E-state index is 12.7. The Labute approximate surface area is 185 Å². The van der Waals surface area contributed by atoms with Crippen LogP contribution in [0.3, 0.4) is 0 Å². The third kappa shape index (κ3) is 5.83. The zero-order chi connectivity index (χ0) is 21.5. The highest BCUT2D eigenvalue weighted by atomic mass is 32.2. The number of nitrogens with one attached hydrogen (secondary N) is 1. The second-order valence-electron chi connectivity index (χ2n) is 8.21.